The second-order valence-electron chi connectivity index (χ2n) is 6.77. The molecule has 2 aliphatic rings. The van der Waals surface area contributed by atoms with E-state index in [-0.39, 0.29) is 18.2 Å². The van der Waals surface area contributed by atoms with Gasteiger partial charge in [0.05, 0.1) is 25.3 Å². The van der Waals surface area contributed by atoms with Crippen LogP contribution in [0.5, 0.6) is 0 Å². The molecule has 8 heteroatoms. The van der Waals surface area contributed by atoms with Crippen molar-refractivity contribution in [1.29, 1.82) is 0 Å². The van der Waals surface area contributed by atoms with Gasteiger partial charge in [0, 0.05) is 13.1 Å². The number of fused-ring (bicyclic) bond motifs is 1. The van der Waals surface area contributed by atoms with Crippen LogP contribution in [-0.2, 0) is 9.47 Å². The Balaban J connectivity index is 1.72. The number of nitrogens with zero attached hydrogens (tertiary/aromatic N) is 4. The second-order valence-corrected chi connectivity index (χ2v) is 7.16. The third-order valence-corrected chi connectivity index (χ3v) is 4.07. The highest BCUT2D eigenvalue weighted by molar-refractivity contribution is 6.29. The maximum absolute atomic E-state index is 12.3. The molecule has 0 aromatic carbocycles. The van der Waals surface area contributed by atoms with E-state index >= 15 is 0 Å². The van der Waals surface area contributed by atoms with E-state index in [1.54, 1.807) is 11.0 Å². The number of aromatic nitrogens is 2. The minimum Gasteiger partial charge on any atom is -0.444 e. The normalized spacial score (nSPS) is 24.5. The van der Waals surface area contributed by atoms with Crippen LogP contribution < -0.4 is 4.90 Å². The molecule has 1 aromatic heterocycles. The number of rotatable bonds is 1. The Morgan fingerprint density at radius 2 is 2.13 bits per heavy atom. The molecule has 0 spiro atoms. The lowest BCUT2D eigenvalue weighted by Crippen LogP contribution is -2.51. The van der Waals surface area contributed by atoms with E-state index in [2.05, 4.69) is 15.1 Å². The number of carbonyl (C=O) groups excluding carboxylic acids is 1. The van der Waals surface area contributed by atoms with Gasteiger partial charge in [-0.25, -0.2) is 4.79 Å². The zero-order valence-electron chi connectivity index (χ0n) is 13.5. The van der Waals surface area contributed by atoms with E-state index in [0.29, 0.717) is 31.4 Å². The van der Waals surface area contributed by atoms with E-state index in [1.165, 1.54) is 0 Å². The van der Waals surface area contributed by atoms with Crippen molar-refractivity contribution in [1.82, 2.24) is 15.1 Å². The lowest BCUT2D eigenvalue weighted by molar-refractivity contribution is 0.0162. The van der Waals surface area contributed by atoms with Crippen LogP contribution in [-0.4, -0.2) is 65.2 Å². The zero-order chi connectivity index (χ0) is 16.6. The Bertz CT molecular complexity index is 575. The van der Waals surface area contributed by atoms with Crippen LogP contribution >= 0.6 is 11.6 Å². The van der Waals surface area contributed by atoms with Crippen molar-refractivity contribution in [2.75, 3.05) is 31.1 Å². The van der Waals surface area contributed by atoms with Gasteiger partial charge < -0.3 is 19.3 Å². The Morgan fingerprint density at radius 3 is 2.78 bits per heavy atom. The second kappa shape index (κ2) is 6.13. The third kappa shape index (κ3) is 3.67. The fourth-order valence-corrected chi connectivity index (χ4v) is 3.01. The van der Waals surface area contributed by atoms with Crippen LogP contribution in [0, 0.1) is 0 Å². The molecule has 3 heterocycles. The van der Waals surface area contributed by atoms with Gasteiger partial charge >= 0.3 is 6.09 Å². The molecular weight excluding hydrogens is 320 g/mol. The number of halogens is 1. The number of carbonyl (C=O) groups is 1. The maximum Gasteiger partial charge on any atom is 0.410 e. The first-order valence-corrected chi connectivity index (χ1v) is 8.07. The first kappa shape index (κ1) is 16.3. The average Bonchev–Trinajstić information content (AvgIpc) is 2.90. The van der Waals surface area contributed by atoms with Gasteiger partial charge in [-0.05, 0) is 32.9 Å². The molecule has 1 aromatic rings. The summed E-state index contributed by atoms with van der Waals surface area (Å²) in [5, 5.41) is 8.41. The Labute approximate surface area is 140 Å². The van der Waals surface area contributed by atoms with E-state index in [1.807, 2.05) is 26.8 Å². The summed E-state index contributed by atoms with van der Waals surface area (Å²) in [5.74, 6) is 0.749. The molecule has 7 nitrogen and oxygen atoms in total. The van der Waals surface area contributed by atoms with Gasteiger partial charge in [-0.1, -0.05) is 11.6 Å². The Kier molecular flexibility index (Phi) is 4.33. The Hall–Kier alpha value is -1.60. The Morgan fingerprint density at radius 1 is 1.35 bits per heavy atom. The molecule has 0 unspecified atom stereocenters. The minimum atomic E-state index is -0.507. The van der Waals surface area contributed by atoms with Crippen molar-refractivity contribution in [2.24, 2.45) is 0 Å². The van der Waals surface area contributed by atoms with Gasteiger partial charge in [0.15, 0.2) is 11.0 Å². The number of morpholine rings is 1. The van der Waals surface area contributed by atoms with Gasteiger partial charge in [-0.3, -0.25) is 0 Å². The number of anilines is 1. The molecule has 0 aliphatic carbocycles. The van der Waals surface area contributed by atoms with E-state index in [0.717, 1.165) is 5.82 Å². The van der Waals surface area contributed by atoms with Crippen molar-refractivity contribution in [3.8, 4) is 0 Å². The molecule has 0 N–H and O–H groups in total. The number of hydrogen-bond acceptors (Lipinski definition) is 6. The largest absolute Gasteiger partial charge is 0.444 e. The van der Waals surface area contributed by atoms with E-state index in [4.69, 9.17) is 21.1 Å². The van der Waals surface area contributed by atoms with Crippen LogP contribution in [0.4, 0.5) is 10.6 Å². The van der Waals surface area contributed by atoms with Gasteiger partial charge in [0.1, 0.15) is 5.60 Å². The molecule has 3 rings (SSSR count). The van der Waals surface area contributed by atoms with E-state index in [9.17, 15) is 4.79 Å². The summed E-state index contributed by atoms with van der Waals surface area (Å²) in [6, 6.07) is 3.61. The molecule has 0 bridgehead atoms. The predicted molar refractivity (Wildman–Crippen MR) is 85.7 cm³/mol. The number of ether oxygens (including phenoxy) is 2. The molecule has 23 heavy (non-hydrogen) atoms. The molecule has 2 atom stereocenters. The fraction of sp³-hybridized carbons (Fsp3) is 0.667. The summed E-state index contributed by atoms with van der Waals surface area (Å²) in [6.07, 6.45) is -0.355. The molecule has 2 fully saturated rings. The van der Waals surface area contributed by atoms with Crippen molar-refractivity contribution >= 4 is 23.5 Å². The highest BCUT2D eigenvalue weighted by Crippen LogP contribution is 2.27. The van der Waals surface area contributed by atoms with Gasteiger partial charge in [0.2, 0.25) is 0 Å². The molecule has 126 valence electrons. The van der Waals surface area contributed by atoms with Gasteiger partial charge in [0.25, 0.3) is 0 Å². The lowest BCUT2D eigenvalue weighted by Gasteiger charge is -2.37. The minimum absolute atomic E-state index is 0.0475. The van der Waals surface area contributed by atoms with Crippen molar-refractivity contribution < 1.29 is 14.3 Å². The quantitative estimate of drug-likeness (QED) is 0.778. The number of likely N-dealkylation sites (tertiary alicyclic amines) is 1. The summed E-state index contributed by atoms with van der Waals surface area (Å²) in [5.41, 5.74) is -0.507. The van der Waals surface area contributed by atoms with Crippen LogP contribution in [0.3, 0.4) is 0 Å². The van der Waals surface area contributed by atoms with Crippen molar-refractivity contribution in [2.45, 2.75) is 38.5 Å². The summed E-state index contributed by atoms with van der Waals surface area (Å²) in [4.78, 5) is 16.1. The van der Waals surface area contributed by atoms with Crippen LogP contribution in [0.25, 0.3) is 0 Å². The van der Waals surface area contributed by atoms with Crippen molar-refractivity contribution in [3.63, 3.8) is 0 Å². The number of amides is 1. The van der Waals surface area contributed by atoms with Crippen LogP contribution in [0.1, 0.15) is 20.8 Å². The van der Waals surface area contributed by atoms with Gasteiger partial charge in [-0.2, -0.15) is 0 Å². The summed E-state index contributed by atoms with van der Waals surface area (Å²) < 4.78 is 11.3. The van der Waals surface area contributed by atoms with Gasteiger partial charge in [-0.15, -0.1) is 10.2 Å². The molecule has 2 aliphatic heterocycles. The fourth-order valence-electron chi connectivity index (χ4n) is 2.91. The first-order valence-electron chi connectivity index (χ1n) is 7.69. The topological polar surface area (TPSA) is 67.8 Å². The highest BCUT2D eigenvalue weighted by Gasteiger charge is 2.43. The third-order valence-electron chi connectivity index (χ3n) is 3.87. The summed E-state index contributed by atoms with van der Waals surface area (Å²) in [6.45, 7) is 7.95. The maximum atomic E-state index is 12.3. The molecular formula is C15H21ClN4O3. The first-order chi connectivity index (χ1) is 10.8. The zero-order valence-corrected chi connectivity index (χ0v) is 14.3. The van der Waals surface area contributed by atoms with Crippen LogP contribution in [0.15, 0.2) is 12.1 Å². The number of hydrogen-bond donors (Lipinski definition) is 0. The standard InChI is InChI=1S/C15H21ClN4O3/c1-15(2,3)23-14(21)19-8-10-11(9-19)22-7-6-20(10)13-5-4-12(16)17-18-13/h4-5,10-11H,6-9H2,1-3H3/t10-,11+/m1/s1. The molecule has 0 saturated carbocycles. The van der Waals surface area contributed by atoms with Crippen molar-refractivity contribution in [3.05, 3.63) is 17.3 Å². The SMILES string of the molecule is CC(C)(C)OC(=O)N1C[C@@H]2OCCN(c3ccc(Cl)nn3)[C@@H]2C1. The lowest BCUT2D eigenvalue weighted by atomic mass is 10.1. The van der Waals surface area contributed by atoms with E-state index < -0.39 is 5.60 Å². The molecule has 0 radical (unpaired) electrons. The smallest absolute Gasteiger partial charge is 0.410 e. The average molecular weight is 341 g/mol. The summed E-state index contributed by atoms with van der Waals surface area (Å²) >= 11 is 5.80. The monoisotopic (exact) mass is 340 g/mol. The molecule has 2 saturated heterocycles. The van der Waals surface area contributed by atoms with Crippen LogP contribution in [0.2, 0.25) is 5.15 Å². The molecule has 1 amide bonds. The summed E-state index contributed by atoms with van der Waals surface area (Å²) in [7, 11) is 0. The predicted octanol–water partition coefficient (Wildman–Crippen LogP) is 1.95. The highest BCUT2D eigenvalue weighted by atomic mass is 35.5.